The fraction of sp³-hybridized carbons (Fsp3) is 0.688. The first-order valence-corrected chi connectivity index (χ1v) is 7.69. The van der Waals surface area contributed by atoms with E-state index in [9.17, 15) is 4.79 Å². The van der Waals surface area contributed by atoms with Gasteiger partial charge in [0.25, 0.3) is 5.91 Å². The van der Waals surface area contributed by atoms with Crippen LogP contribution < -0.4 is 0 Å². The smallest absolute Gasteiger partial charge is 0.255 e. The van der Waals surface area contributed by atoms with Crippen molar-refractivity contribution in [1.29, 1.82) is 0 Å². The van der Waals surface area contributed by atoms with Gasteiger partial charge in [-0.15, -0.1) is 0 Å². The predicted molar refractivity (Wildman–Crippen MR) is 79.7 cm³/mol. The molecule has 2 rings (SSSR count). The molecular formula is C16H26N2O2. The van der Waals surface area contributed by atoms with Gasteiger partial charge in [-0.25, -0.2) is 0 Å². The molecule has 0 radical (unpaired) electrons. The van der Waals surface area contributed by atoms with E-state index in [0.717, 1.165) is 24.8 Å². The van der Waals surface area contributed by atoms with Crippen LogP contribution in [0.25, 0.3) is 0 Å². The fourth-order valence-corrected chi connectivity index (χ4v) is 2.64. The molecule has 0 saturated carbocycles. The van der Waals surface area contributed by atoms with E-state index >= 15 is 0 Å². The molecule has 20 heavy (non-hydrogen) atoms. The Hall–Kier alpha value is -1.29. The third-order valence-corrected chi connectivity index (χ3v) is 3.95. The Morgan fingerprint density at radius 1 is 1.50 bits per heavy atom. The summed E-state index contributed by atoms with van der Waals surface area (Å²) in [7, 11) is 0. The van der Waals surface area contributed by atoms with E-state index in [2.05, 4.69) is 25.8 Å². The van der Waals surface area contributed by atoms with Gasteiger partial charge in [0.15, 0.2) is 0 Å². The van der Waals surface area contributed by atoms with Gasteiger partial charge in [0.1, 0.15) is 0 Å². The van der Waals surface area contributed by atoms with Crippen LogP contribution >= 0.6 is 0 Å². The molecule has 1 N–H and O–H groups in total. The van der Waals surface area contributed by atoms with E-state index in [4.69, 9.17) is 4.74 Å². The third-order valence-electron chi connectivity index (χ3n) is 3.95. The van der Waals surface area contributed by atoms with Gasteiger partial charge in [0.05, 0.1) is 17.8 Å². The minimum atomic E-state index is 0.113. The monoisotopic (exact) mass is 278 g/mol. The number of unbranched alkanes of at least 4 members (excludes halogenated alkanes) is 1. The highest BCUT2D eigenvalue weighted by molar-refractivity contribution is 5.94. The first-order chi connectivity index (χ1) is 9.61. The van der Waals surface area contributed by atoms with Crippen LogP contribution in [0.15, 0.2) is 18.5 Å². The topological polar surface area (TPSA) is 45.3 Å². The molecule has 1 aromatic heterocycles. The van der Waals surface area contributed by atoms with Gasteiger partial charge < -0.3 is 14.6 Å². The van der Waals surface area contributed by atoms with Crippen LogP contribution in [-0.2, 0) is 4.74 Å². The number of nitrogens with zero attached hydrogens (tertiary/aromatic N) is 1. The van der Waals surface area contributed by atoms with E-state index in [0.29, 0.717) is 19.0 Å². The zero-order valence-electron chi connectivity index (χ0n) is 12.8. The summed E-state index contributed by atoms with van der Waals surface area (Å²) in [5.41, 5.74) is 0.739. The summed E-state index contributed by atoms with van der Waals surface area (Å²) >= 11 is 0. The van der Waals surface area contributed by atoms with Crippen molar-refractivity contribution in [3.05, 3.63) is 24.0 Å². The highest BCUT2D eigenvalue weighted by atomic mass is 16.5. The van der Waals surface area contributed by atoms with Crippen molar-refractivity contribution in [3.63, 3.8) is 0 Å². The molecule has 2 heterocycles. The molecule has 1 aromatic rings. The van der Waals surface area contributed by atoms with Gasteiger partial charge in [0.2, 0.25) is 0 Å². The Morgan fingerprint density at radius 2 is 2.30 bits per heavy atom. The van der Waals surface area contributed by atoms with Crippen LogP contribution in [0, 0.1) is 5.92 Å². The molecule has 1 fully saturated rings. The molecular weight excluding hydrogens is 252 g/mol. The highest BCUT2D eigenvalue weighted by Crippen LogP contribution is 2.22. The largest absolute Gasteiger partial charge is 0.371 e. The van der Waals surface area contributed by atoms with Crippen LogP contribution in [-0.4, -0.2) is 41.1 Å². The predicted octanol–water partition coefficient (Wildman–Crippen LogP) is 3.07. The van der Waals surface area contributed by atoms with Crippen LogP contribution in [0.1, 0.15) is 50.4 Å². The number of aromatic nitrogens is 1. The van der Waals surface area contributed by atoms with Gasteiger partial charge >= 0.3 is 0 Å². The van der Waals surface area contributed by atoms with Crippen molar-refractivity contribution in [2.24, 2.45) is 5.92 Å². The van der Waals surface area contributed by atoms with E-state index in [-0.39, 0.29) is 18.1 Å². The number of carbonyl (C=O) groups excluding carboxylic acids is 1. The minimum absolute atomic E-state index is 0.113. The average Bonchev–Trinajstić information content (AvgIpc) is 2.98. The summed E-state index contributed by atoms with van der Waals surface area (Å²) in [5.74, 6) is 0.544. The number of H-pyrrole nitrogens is 1. The summed E-state index contributed by atoms with van der Waals surface area (Å²) in [6.07, 6.45) is 7.24. The lowest BCUT2D eigenvalue weighted by Crippen LogP contribution is -2.51. The maximum atomic E-state index is 12.5. The summed E-state index contributed by atoms with van der Waals surface area (Å²) in [6, 6.07) is 1.84. The van der Waals surface area contributed by atoms with Crippen molar-refractivity contribution in [2.45, 2.75) is 52.2 Å². The first-order valence-electron chi connectivity index (χ1n) is 7.69. The molecule has 0 aromatic carbocycles. The SMILES string of the molecule is CCCC[C@@H]1CN(C(=O)c2cc[nH]c2)C[C@H](C(C)C)O1. The lowest BCUT2D eigenvalue weighted by Gasteiger charge is -2.40. The molecule has 1 aliphatic rings. The second-order valence-corrected chi connectivity index (χ2v) is 5.99. The van der Waals surface area contributed by atoms with Gasteiger partial charge in [0, 0.05) is 25.5 Å². The quantitative estimate of drug-likeness (QED) is 0.899. The molecule has 1 amide bonds. The molecule has 0 spiro atoms. The molecule has 2 atom stereocenters. The van der Waals surface area contributed by atoms with Crippen molar-refractivity contribution in [1.82, 2.24) is 9.88 Å². The number of aromatic amines is 1. The lowest BCUT2D eigenvalue weighted by atomic mass is 10.0. The molecule has 0 unspecified atom stereocenters. The molecule has 1 aliphatic heterocycles. The average molecular weight is 278 g/mol. The number of morpholine rings is 1. The van der Waals surface area contributed by atoms with E-state index in [1.165, 1.54) is 0 Å². The summed E-state index contributed by atoms with van der Waals surface area (Å²) < 4.78 is 6.15. The maximum Gasteiger partial charge on any atom is 0.255 e. The number of hydrogen-bond acceptors (Lipinski definition) is 2. The van der Waals surface area contributed by atoms with Gasteiger partial charge in [-0.1, -0.05) is 33.6 Å². The fourth-order valence-electron chi connectivity index (χ4n) is 2.64. The number of nitrogens with one attached hydrogen (secondary N) is 1. The number of ether oxygens (including phenoxy) is 1. The van der Waals surface area contributed by atoms with E-state index < -0.39 is 0 Å². The molecule has 1 saturated heterocycles. The van der Waals surface area contributed by atoms with Gasteiger partial charge in [-0.2, -0.15) is 0 Å². The first kappa shape index (κ1) is 15.1. The Balaban J connectivity index is 2.05. The molecule has 0 aliphatic carbocycles. The second kappa shape index (κ2) is 6.93. The summed E-state index contributed by atoms with van der Waals surface area (Å²) in [4.78, 5) is 17.4. The standard InChI is InChI=1S/C16H26N2O2/c1-4-5-6-14-10-18(11-15(20-14)12(2)3)16(19)13-7-8-17-9-13/h7-9,12,14-15,17H,4-6,10-11H2,1-3H3/t14-,15-/m1/s1. The van der Waals surface area contributed by atoms with Crippen molar-refractivity contribution in [2.75, 3.05) is 13.1 Å². The Morgan fingerprint density at radius 3 is 2.90 bits per heavy atom. The molecule has 112 valence electrons. The second-order valence-electron chi connectivity index (χ2n) is 5.99. The van der Waals surface area contributed by atoms with Crippen molar-refractivity contribution < 1.29 is 9.53 Å². The molecule has 0 bridgehead atoms. The third kappa shape index (κ3) is 3.63. The minimum Gasteiger partial charge on any atom is -0.371 e. The summed E-state index contributed by atoms with van der Waals surface area (Å²) in [6.45, 7) is 7.92. The highest BCUT2D eigenvalue weighted by Gasteiger charge is 2.32. The van der Waals surface area contributed by atoms with Crippen LogP contribution in [0.5, 0.6) is 0 Å². The lowest BCUT2D eigenvalue weighted by molar-refractivity contribution is -0.0962. The number of amides is 1. The van der Waals surface area contributed by atoms with Crippen molar-refractivity contribution in [3.8, 4) is 0 Å². The number of carbonyl (C=O) groups is 1. The van der Waals surface area contributed by atoms with Crippen LogP contribution in [0.3, 0.4) is 0 Å². The number of hydrogen-bond donors (Lipinski definition) is 1. The zero-order chi connectivity index (χ0) is 14.5. The summed E-state index contributed by atoms with van der Waals surface area (Å²) in [5, 5.41) is 0. The van der Waals surface area contributed by atoms with Crippen LogP contribution in [0.2, 0.25) is 0 Å². The molecule has 4 nitrogen and oxygen atoms in total. The van der Waals surface area contributed by atoms with Crippen LogP contribution in [0.4, 0.5) is 0 Å². The van der Waals surface area contributed by atoms with E-state index in [1.807, 2.05) is 11.0 Å². The van der Waals surface area contributed by atoms with Gasteiger partial charge in [-0.3, -0.25) is 4.79 Å². The molecule has 4 heteroatoms. The Kier molecular flexibility index (Phi) is 5.24. The normalized spacial score (nSPS) is 23.3. The number of rotatable bonds is 5. The maximum absolute atomic E-state index is 12.5. The Bertz CT molecular complexity index is 414. The van der Waals surface area contributed by atoms with E-state index in [1.54, 1.807) is 12.4 Å². The van der Waals surface area contributed by atoms with Crippen molar-refractivity contribution >= 4 is 5.91 Å². The zero-order valence-corrected chi connectivity index (χ0v) is 12.8. The van der Waals surface area contributed by atoms with Gasteiger partial charge in [-0.05, 0) is 18.4 Å². The Labute approximate surface area is 121 Å².